The van der Waals surface area contributed by atoms with E-state index in [0.29, 0.717) is 6.42 Å². The first-order valence-electron chi connectivity index (χ1n) is 5.24. The molecule has 16 heavy (non-hydrogen) atoms. The first kappa shape index (κ1) is 12.9. The maximum Gasteiger partial charge on any atom is 0.244 e. The molecule has 1 rings (SSSR count). The summed E-state index contributed by atoms with van der Waals surface area (Å²) in [7, 11) is 0. The van der Waals surface area contributed by atoms with Gasteiger partial charge in [-0.25, -0.2) is 0 Å². The van der Waals surface area contributed by atoms with E-state index in [1.165, 1.54) is 6.08 Å². The van der Waals surface area contributed by atoms with Gasteiger partial charge in [-0.3, -0.25) is 4.79 Å². The van der Waals surface area contributed by atoms with Gasteiger partial charge in [-0.15, -0.1) is 11.3 Å². The average Bonchev–Trinajstić information content (AvgIpc) is 2.79. The number of hydrogen-bond donors (Lipinski definition) is 2. The second kappa shape index (κ2) is 5.82. The Labute approximate surface area is 99.8 Å². The molecule has 1 aromatic heterocycles. The van der Waals surface area contributed by atoms with E-state index < -0.39 is 5.54 Å². The number of rotatable bonds is 5. The zero-order chi connectivity index (χ0) is 12.0. The molecule has 0 saturated carbocycles. The molecule has 0 aromatic carbocycles. The Bertz CT molecular complexity index is 353. The van der Waals surface area contributed by atoms with E-state index in [0.717, 1.165) is 4.88 Å². The molecule has 0 aliphatic heterocycles. The summed E-state index contributed by atoms with van der Waals surface area (Å²) < 4.78 is 0. The summed E-state index contributed by atoms with van der Waals surface area (Å²) in [6.07, 6.45) is 3.96. The lowest BCUT2D eigenvalue weighted by Crippen LogP contribution is -2.47. The van der Waals surface area contributed by atoms with Crippen molar-refractivity contribution in [1.82, 2.24) is 5.32 Å². The summed E-state index contributed by atoms with van der Waals surface area (Å²) in [5, 5.41) is 13.9. The maximum absolute atomic E-state index is 11.6. The molecule has 0 bridgehead atoms. The second-order valence-corrected chi connectivity index (χ2v) is 4.89. The molecule has 0 aliphatic carbocycles. The van der Waals surface area contributed by atoms with Crippen LogP contribution in [0, 0.1) is 0 Å². The molecule has 2 N–H and O–H groups in total. The second-order valence-electron chi connectivity index (χ2n) is 3.91. The molecule has 3 nitrogen and oxygen atoms in total. The minimum atomic E-state index is -0.531. The number of hydrogen-bond acceptors (Lipinski definition) is 3. The molecule has 1 aromatic rings. The fraction of sp³-hybridized carbons (Fsp3) is 0.417. The van der Waals surface area contributed by atoms with Crippen molar-refractivity contribution in [2.45, 2.75) is 25.8 Å². The highest BCUT2D eigenvalue weighted by Gasteiger charge is 2.21. The highest BCUT2D eigenvalue weighted by atomic mass is 32.1. The first-order valence-corrected chi connectivity index (χ1v) is 6.12. The highest BCUT2D eigenvalue weighted by molar-refractivity contribution is 7.10. The summed E-state index contributed by atoms with van der Waals surface area (Å²) in [5.41, 5.74) is -0.531. The van der Waals surface area contributed by atoms with Crippen LogP contribution in [0.1, 0.15) is 25.1 Å². The Morgan fingerprint density at radius 1 is 1.69 bits per heavy atom. The van der Waals surface area contributed by atoms with E-state index in [-0.39, 0.29) is 12.5 Å². The number of amides is 1. The van der Waals surface area contributed by atoms with Crippen LogP contribution in [0.2, 0.25) is 0 Å². The molecule has 0 fully saturated rings. The van der Waals surface area contributed by atoms with E-state index in [1.54, 1.807) is 17.4 Å². The van der Waals surface area contributed by atoms with Gasteiger partial charge in [-0.2, -0.15) is 0 Å². The van der Waals surface area contributed by atoms with Crippen molar-refractivity contribution in [2.75, 3.05) is 6.61 Å². The molecule has 1 amide bonds. The number of aliphatic hydroxyl groups excluding tert-OH is 1. The van der Waals surface area contributed by atoms with Gasteiger partial charge in [0.2, 0.25) is 5.91 Å². The van der Waals surface area contributed by atoms with E-state index in [1.807, 2.05) is 31.4 Å². The van der Waals surface area contributed by atoms with E-state index in [4.69, 9.17) is 5.11 Å². The zero-order valence-electron chi connectivity index (χ0n) is 9.56. The van der Waals surface area contributed by atoms with Crippen molar-refractivity contribution in [3.63, 3.8) is 0 Å². The monoisotopic (exact) mass is 239 g/mol. The van der Waals surface area contributed by atoms with Crippen LogP contribution in [0.4, 0.5) is 0 Å². The van der Waals surface area contributed by atoms with Gasteiger partial charge in [0.15, 0.2) is 0 Å². The predicted octanol–water partition coefficient (Wildman–Crippen LogP) is 2.04. The van der Waals surface area contributed by atoms with E-state index >= 15 is 0 Å². The van der Waals surface area contributed by atoms with Crippen LogP contribution in [0.25, 0.3) is 6.08 Å². The Morgan fingerprint density at radius 3 is 2.94 bits per heavy atom. The lowest BCUT2D eigenvalue weighted by molar-refractivity contribution is -0.118. The molecule has 0 saturated heterocycles. The van der Waals surface area contributed by atoms with Crippen molar-refractivity contribution in [3.8, 4) is 0 Å². The predicted molar refractivity (Wildman–Crippen MR) is 67.3 cm³/mol. The lowest BCUT2D eigenvalue weighted by Gasteiger charge is -2.26. The van der Waals surface area contributed by atoms with E-state index in [2.05, 4.69) is 5.32 Å². The smallest absolute Gasteiger partial charge is 0.244 e. The molecule has 4 heteroatoms. The third-order valence-corrected chi connectivity index (χ3v) is 3.33. The van der Waals surface area contributed by atoms with Crippen molar-refractivity contribution < 1.29 is 9.90 Å². The average molecular weight is 239 g/mol. The third kappa shape index (κ3) is 3.79. The van der Waals surface area contributed by atoms with Crippen LogP contribution in [-0.4, -0.2) is 23.2 Å². The molecule has 88 valence electrons. The van der Waals surface area contributed by atoms with Gasteiger partial charge < -0.3 is 10.4 Å². The Morgan fingerprint density at radius 2 is 2.44 bits per heavy atom. The van der Waals surface area contributed by atoms with Gasteiger partial charge in [0.05, 0.1) is 12.1 Å². The van der Waals surface area contributed by atoms with Gasteiger partial charge in [0.1, 0.15) is 0 Å². The summed E-state index contributed by atoms with van der Waals surface area (Å²) in [5.74, 6) is -0.174. The van der Waals surface area contributed by atoms with E-state index in [9.17, 15) is 4.79 Å². The van der Waals surface area contributed by atoms with Crippen LogP contribution >= 0.6 is 11.3 Å². The van der Waals surface area contributed by atoms with Gasteiger partial charge in [0, 0.05) is 11.0 Å². The quantitative estimate of drug-likeness (QED) is 0.772. The fourth-order valence-electron chi connectivity index (χ4n) is 1.12. The van der Waals surface area contributed by atoms with Gasteiger partial charge in [-0.1, -0.05) is 13.0 Å². The maximum atomic E-state index is 11.6. The van der Waals surface area contributed by atoms with Crippen molar-refractivity contribution >= 4 is 23.3 Å². The van der Waals surface area contributed by atoms with Crippen LogP contribution in [0.5, 0.6) is 0 Å². The third-order valence-electron chi connectivity index (χ3n) is 2.50. The van der Waals surface area contributed by atoms with Crippen molar-refractivity contribution in [2.24, 2.45) is 0 Å². The number of thiophene rings is 1. The number of aliphatic hydroxyl groups is 1. The van der Waals surface area contributed by atoms with Crippen molar-refractivity contribution in [3.05, 3.63) is 28.5 Å². The van der Waals surface area contributed by atoms with Crippen LogP contribution in [0.15, 0.2) is 23.6 Å². The zero-order valence-corrected chi connectivity index (χ0v) is 10.4. The number of nitrogens with one attached hydrogen (secondary N) is 1. The van der Waals surface area contributed by atoms with Crippen LogP contribution in [0.3, 0.4) is 0 Å². The summed E-state index contributed by atoms with van der Waals surface area (Å²) in [6.45, 7) is 3.70. The summed E-state index contributed by atoms with van der Waals surface area (Å²) >= 11 is 1.58. The molecule has 1 unspecified atom stereocenters. The number of carbonyl (C=O) groups excluding carboxylic acids is 1. The Hall–Kier alpha value is -1.13. The van der Waals surface area contributed by atoms with Gasteiger partial charge >= 0.3 is 0 Å². The van der Waals surface area contributed by atoms with Crippen LogP contribution in [-0.2, 0) is 4.79 Å². The summed E-state index contributed by atoms with van der Waals surface area (Å²) in [6, 6.07) is 3.88. The fourth-order valence-corrected chi connectivity index (χ4v) is 1.74. The normalized spacial score (nSPS) is 14.9. The molecule has 1 atom stereocenters. The topological polar surface area (TPSA) is 49.3 Å². The Balaban J connectivity index is 2.53. The van der Waals surface area contributed by atoms with Gasteiger partial charge in [-0.05, 0) is 30.9 Å². The first-order chi connectivity index (χ1) is 7.59. The molecule has 0 radical (unpaired) electrons. The molecule has 0 spiro atoms. The summed E-state index contributed by atoms with van der Waals surface area (Å²) in [4.78, 5) is 12.6. The minimum Gasteiger partial charge on any atom is -0.394 e. The largest absolute Gasteiger partial charge is 0.394 e. The lowest BCUT2D eigenvalue weighted by atomic mass is 10.0. The molecular weight excluding hydrogens is 222 g/mol. The minimum absolute atomic E-state index is 0.0535. The van der Waals surface area contributed by atoms with Crippen LogP contribution < -0.4 is 5.32 Å². The van der Waals surface area contributed by atoms with Gasteiger partial charge in [0.25, 0.3) is 0 Å². The van der Waals surface area contributed by atoms with Crippen molar-refractivity contribution in [1.29, 1.82) is 0 Å². The number of carbonyl (C=O) groups is 1. The highest BCUT2D eigenvalue weighted by Crippen LogP contribution is 2.11. The molecule has 1 heterocycles. The SMILES string of the molecule is CCC(C)(CO)NC(=O)C=Cc1cccs1. The molecule has 0 aliphatic rings. The standard InChI is InChI=1S/C12H17NO2S/c1-3-12(2,9-14)13-11(15)7-6-10-5-4-8-16-10/h4-8,14H,3,9H2,1-2H3,(H,13,15). The molecular formula is C12H17NO2S. The Kier molecular flexibility index (Phi) is 4.71.